The highest BCUT2D eigenvalue weighted by atomic mass is 16.6. The molecule has 0 bridgehead atoms. The van der Waals surface area contributed by atoms with Crippen LogP contribution < -0.4 is 5.32 Å². The lowest BCUT2D eigenvalue weighted by molar-refractivity contribution is -0.384. The molecule has 134 valence electrons. The minimum atomic E-state index is -0.715. The molecule has 1 amide bonds. The van der Waals surface area contributed by atoms with Crippen molar-refractivity contribution in [3.63, 3.8) is 0 Å². The third-order valence-electron chi connectivity index (χ3n) is 3.44. The fourth-order valence-corrected chi connectivity index (χ4v) is 2.04. The van der Waals surface area contributed by atoms with Crippen molar-refractivity contribution in [3.8, 4) is 0 Å². The van der Waals surface area contributed by atoms with Gasteiger partial charge in [-0.05, 0) is 30.3 Å². The van der Waals surface area contributed by atoms with E-state index in [4.69, 9.17) is 4.74 Å². The number of carbonyl (C=O) groups is 3. The van der Waals surface area contributed by atoms with Crippen LogP contribution in [0.15, 0.2) is 48.5 Å². The number of amides is 1. The zero-order chi connectivity index (χ0) is 19.1. The highest BCUT2D eigenvalue weighted by Gasteiger charge is 2.14. The molecular weight excluding hydrogens is 340 g/mol. The normalized spacial score (nSPS) is 10.0. The van der Waals surface area contributed by atoms with Crippen LogP contribution in [0.3, 0.4) is 0 Å². The van der Waals surface area contributed by atoms with Gasteiger partial charge >= 0.3 is 5.97 Å². The topological polar surface area (TPSA) is 116 Å². The van der Waals surface area contributed by atoms with Gasteiger partial charge in [-0.3, -0.25) is 19.7 Å². The molecule has 0 spiro atoms. The molecule has 0 aliphatic carbocycles. The molecule has 0 aromatic heterocycles. The fourth-order valence-electron chi connectivity index (χ4n) is 2.04. The summed E-state index contributed by atoms with van der Waals surface area (Å²) in [5.74, 6) is -1.39. The molecule has 0 saturated carbocycles. The van der Waals surface area contributed by atoms with Crippen molar-refractivity contribution in [1.29, 1.82) is 0 Å². The molecule has 0 radical (unpaired) electrons. The molecule has 0 aliphatic heterocycles. The lowest BCUT2D eigenvalue weighted by Gasteiger charge is -2.07. The van der Waals surface area contributed by atoms with E-state index in [1.165, 1.54) is 36.4 Å². The maximum atomic E-state index is 12.1. The lowest BCUT2D eigenvalue weighted by Crippen LogP contribution is -2.15. The molecule has 0 atom stereocenters. The van der Waals surface area contributed by atoms with E-state index in [0.717, 1.165) is 0 Å². The number of nitrogens with zero attached hydrogens (tertiary/aromatic N) is 1. The first-order valence-electron chi connectivity index (χ1n) is 7.75. The van der Waals surface area contributed by atoms with Gasteiger partial charge < -0.3 is 10.1 Å². The number of nitro benzene ring substituents is 1. The molecule has 8 nitrogen and oxygen atoms in total. The number of anilines is 1. The van der Waals surface area contributed by atoms with Gasteiger partial charge in [0.15, 0.2) is 12.4 Å². The number of hydrogen-bond acceptors (Lipinski definition) is 6. The number of ketones is 1. The maximum absolute atomic E-state index is 12.1. The maximum Gasteiger partial charge on any atom is 0.338 e. The van der Waals surface area contributed by atoms with Gasteiger partial charge in [-0.25, -0.2) is 4.79 Å². The average molecular weight is 356 g/mol. The van der Waals surface area contributed by atoms with Crippen molar-refractivity contribution >= 4 is 29.0 Å². The number of ether oxygens (including phenoxy) is 1. The van der Waals surface area contributed by atoms with E-state index in [2.05, 4.69) is 5.32 Å². The molecule has 0 unspecified atom stereocenters. The van der Waals surface area contributed by atoms with Crippen LogP contribution in [0.4, 0.5) is 11.4 Å². The van der Waals surface area contributed by atoms with Crippen molar-refractivity contribution < 1.29 is 24.0 Å². The molecular formula is C18H16N2O6. The van der Waals surface area contributed by atoms with E-state index in [1.807, 2.05) is 0 Å². The van der Waals surface area contributed by atoms with Crippen molar-refractivity contribution in [3.05, 3.63) is 69.8 Å². The van der Waals surface area contributed by atoms with Gasteiger partial charge in [-0.1, -0.05) is 13.0 Å². The summed E-state index contributed by atoms with van der Waals surface area (Å²) in [5.41, 5.74) is 0.709. The van der Waals surface area contributed by atoms with Crippen LogP contribution in [0.5, 0.6) is 0 Å². The van der Waals surface area contributed by atoms with Crippen molar-refractivity contribution in [1.82, 2.24) is 0 Å². The van der Waals surface area contributed by atoms with Crippen LogP contribution in [-0.4, -0.2) is 29.2 Å². The number of hydrogen-bond donors (Lipinski definition) is 1. The minimum Gasteiger partial charge on any atom is -0.454 e. The molecule has 2 aromatic carbocycles. The number of nitro groups is 1. The quantitative estimate of drug-likeness (QED) is 0.353. The van der Waals surface area contributed by atoms with Gasteiger partial charge in [-0.2, -0.15) is 0 Å². The zero-order valence-electron chi connectivity index (χ0n) is 13.9. The van der Waals surface area contributed by atoms with Crippen LogP contribution >= 0.6 is 0 Å². The Morgan fingerprint density at radius 2 is 1.77 bits per heavy atom. The number of non-ortho nitro benzene ring substituents is 1. The summed E-state index contributed by atoms with van der Waals surface area (Å²) < 4.78 is 4.97. The number of carbonyl (C=O) groups excluding carboxylic acids is 3. The Morgan fingerprint density at radius 3 is 2.38 bits per heavy atom. The smallest absolute Gasteiger partial charge is 0.338 e. The minimum absolute atomic E-state index is 0.135. The van der Waals surface area contributed by atoms with Crippen molar-refractivity contribution in [2.75, 3.05) is 11.9 Å². The lowest BCUT2D eigenvalue weighted by atomic mass is 10.1. The van der Waals surface area contributed by atoms with Gasteiger partial charge in [0.25, 0.3) is 5.69 Å². The van der Waals surface area contributed by atoms with E-state index in [-0.39, 0.29) is 22.7 Å². The third kappa shape index (κ3) is 4.97. The highest BCUT2D eigenvalue weighted by molar-refractivity contribution is 6.00. The summed E-state index contributed by atoms with van der Waals surface area (Å²) in [7, 11) is 0. The Morgan fingerprint density at radius 1 is 1.08 bits per heavy atom. The number of esters is 1. The molecule has 0 aliphatic rings. The predicted octanol–water partition coefficient (Wildman–Crippen LogP) is 2.98. The second-order valence-corrected chi connectivity index (χ2v) is 5.29. The number of benzene rings is 2. The molecule has 1 N–H and O–H groups in total. The van der Waals surface area contributed by atoms with E-state index in [9.17, 15) is 24.5 Å². The van der Waals surface area contributed by atoms with E-state index in [0.29, 0.717) is 12.1 Å². The summed E-state index contributed by atoms with van der Waals surface area (Å²) in [5, 5.41) is 13.2. The van der Waals surface area contributed by atoms with Crippen LogP contribution in [0.1, 0.15) is 34.1 Å². The molecule has 2 aromatic rings. The Bertz CT molecular complexity index is 845. The Labute approximate surface area is 148 Å². The Hall–Kier alpha value is -3.55. The van der Waals surface area contributed by atoms with Crippen molar-refractivity contribution in [2.45, 2.75) is 13.3 Å². The summed E-state index contributed by atoms with van der Waals surface area (Å²) in [6.45, 7) is 1.21. The SMILES string of the molecule is CCC(=O)Nc1cccc(C(=O)OCC(=O)c2ccc([N+](=O)[O-])cc2)c1. The Kier molecular flexibility index (Phi) is 6.15. The zero-order valence-corrected chi connectivity index (χ0v) is 13.9. The van der Waals surface area contributed by atoms with Crippen LogP contribution in [0, 0.1) is 10.1 Å². The molecule has 0 heterocycles. The molecule has 8 heteroatoms. The van der Waals surface area contributed by atoms with Gasteiger partial charge in [0, 0.05) is 29.8 Å². The largest absolute Gasteiger partial charge is 0.454 e. The fraction of sp³-hybridized carbons (Fsp3) is 0.167. The molecule has 2 rings (SSSR count). The molecule has 0 fully saturated rings. The third-order valence-corrected chi connectivity index (χ3v) is 3.44. The summed E-state index contributed by atoms with van der Waals surface area (Å²) >= 11 is 0. The first-order valence-corrected chi connectivity index (χ1v) is 7.75. The van der Waals surface area contributed by atoms with Crippen LogP contribution in [0.2, 0.25) is 0 Å². The molecule has 0 saturated heterocycles. The summed E-state index contributed by atoms with van der Waals surface area (Å²) in [6.07, 6.45) is 0.304. The first-order chi connectivity index (χ1) is 12.4. The highest BCUT2D eigenvalue weighted by Crippen LogP contribution is 2.14. The standard InChI is InChI=1S/C18H16N2O6/c1-2-17(22)19-14-5-3-4-13(10-14)18(23)26-11-16(21)12-6-8-15(9-7-12)20(24)25/h3-10H,2,11H2,1H3,(H,19,22). The predicted molar refractivity (Wildman–Crippen MR) is 93.1 cm³/mol. The van der Waals surface area contributed by atoms with E-state index in [1.54, 1.807) is 19.1 Å². The second-order valence-electron chi connectivity index (χ2n) is 5.29. The van der Waals surface area contributed by atoms with Gasteiger partial charge in [-0.15, -0.1) is 0 Å². The molecule has 26 heavy (non-hydrogen) atoms. The van der Waals surface area contributed by atoms with Gasteiger partial charge in [0.05, 0.1) is 10.5 Å². The summed E-state index contributed by atoms with van der Waals surface area (Å²) in [4.78, 5) is 45.5. The number of Topliss-reactive ketones (excluding diaryl/α,β-unsaturated/α-hetero) is 1. The van der Waals surface area contributed by atoms with Gasteiger partial charge in [0.2, 0.25) is 5.91 Å². The summed E-state index contributed by atoms with van der Waals surface area (Å²) in [6, 6.07) is 11.2. The number of rotatable bonds is 7. The van der Waals surface area contributed by atoms with E-state index >= 15 is 0 Å². The average Bonchev–Trinajstić information content (AvgIpc) is 2.65. The Balaban J connectivity index is 1.97. The van der Waals surface area contributed by atoms with E-state index < -0.39 is 23.3 Å². The second kappa shape index (κ2) is 8.52. The first kappa shape index (κ1) is 18.8. The van der Waals surface area contributed by atoms with Crippen LogP contribution in [0.25, 0.3) is 0 Å². The number of nitrogens with one attached hydrogen (secondary N) is 1. The monoisotopic (exact) mass is 356 g/mol. The van der Waals surface area contributed by atoms with Crippen LogP contribution in [-0.2, 0) is 9.53 Å². The van der Waals surface area contributed by atoms with Gasteiger partial charge in [0.1, 0.15) is 0 Å². The van der Waals surface area contributed by atoms with Crippen molar-refractivity contribution in [2.24, 2.45) is 0 Å².